The van der Waals surface area contributed by atoms with Gasteiger partial charge in [-0.25, -0.2) is 0 Å². The first-order valence-corrected chi connectivity index (χ1v) is 11.9. The molecule has 2 aliphatic rings. The summed E-state index contributed by atoms with van der Waals surface area (Å²) >= 11 is 12.7. The molecule has 0 spiro atoms. The van der Waals surface area contributed by atoms with Gasteiger partial charge in [-0.15, -0.1) is 0 Å². The Morgan fingerprint density at radius 1 is 1.12 bits per heavy atom. The van der Waals surface area contributed by atoms with E-state index in [1.54, 1.807) is 4.90 Å². The highest BCUT2D eigenvalue weighted by atomic mass is 35.5. The Labute approximate surface area is 207 Å². The summed E-state index contributed by atoms with van der Waals surface area (Å²) in [6.07, 6.45) is 3.18. The summed E-state index contributed by atoms with van der Waals surface area (Å²) in [7, 11) is 0. The molecule has 0 radical (unpaired) electrons. The fourth-order valence-corrected chi connectivity index (χ4v) is 5.37. The van der Waals surface area contributed by atoms with Crippen LogP contribution in [0.5, 0.6) is 0 Å². The molecule has 1 saturated heterocycles. The number of nitrogens with zero attached hydrogens (tertiary/aromatic N) is 2. The summed E-state index contributed by atoms with van der Waals surface area (Å²) in [5, 5.41) is 0.0377. The SMILES string of the molecule is O=C(CN1C(=O)S/C(=C\c2coc3c(Cl)cc(Cl)cc3c2=O)C1=O)N1CCc2ccccc2C1. The predicted molar refractivity (Wildman–Crippen MR) is 131 cm³/mol. The third-order valence-electron chi connectivity index (χ3n) is 5.76. The molecule has 0 aliphatic carbocycles. The van der Waals surface area contributed by atoms with Crippen molar-refractivity contribution in [1.82, 2.24) is 9.80 Å². The molecular weight excluding hydrogens is 499 g/mol. The highest BCUT2D eigenvalue weighted by Crippen LogP contribution is 2.33. The maximum atomic E-state index is 12.9. The lowest BCUT2D eigenvalue weighted by molar-refractivity contribution is -0.136. The Balaban J connectivity index is 1.36. The Hall–Kier alpha value is -3.07. The van der Waals surface area contributed by atoms with Crippen LogP contribution < -0.4 is 5.43 Å². The lowest BCUT2D eigenvalue weighted by atomic mass is 10.00. The fraction of sp³-hybridized carbons (Fsp3) is 0.167. The summed E-state index contributed by atoms with van der Waals surface area (Å²) in [4.78, 5) is 53.7. The van der Waals surface area contributed by atoms with E-state index >= 15 is 0 Å². The average molecular weight is 515 g/mol. The molecule has 7 nitrogen and oxygen atoms in total. The van der Waals surface area contributed by atoms with Crippen LogP contribution in [0.1, 0.15) is 16.7 Å². The molecule has 3 aromatic rings. The first-order valence-electron chi connectivity index (χ1n) is 10.3. The van der Waals surface area contributed by atoms with Crippen LogP contribution in [0.2, 0.25) is 10.0 Å². The largest absolute Gasteiger partial charge is 0.462 e. The van der Waals surface area contributed by atoms with Gasteiger partial charge in [0.2, 0.25) is 5.91 Å². The van der Waals surface area contributed by atoms with Crippen molar-refractivity contribution in [2.75, 3.05) is 13.1 Å². The number of carbonyl (C=O) groups excluding carboxylic acids is 3. The maximum absolute atomic E-state index is 12.9. The van der Waals surface area contributed by atoms with Gasteiger partial charge in [-0.3, -0.25) is 24.1 Å². The normalized spacial score (nSPS) is 17.1. The van der Waals surface area contributed by atoms with E-state index in [-0.39, 0.29) is 43.9 Å². The van der Waals surface area contributed by atoms with Crippen LogP contribution in [-0.4, -0.2) is 39.9 Å². The highest BCUT2D eigenvalue weighted by Gasteiger charge is 2.37. The number of halogens is 2. The Morgan fingerprint density at radius 2 is 1.88 bits per heavy atom. The van der Waals surface area contributed by atoms with E-state index in [9.17, 15) is 19.2 Å². The quantitative estimate of drug-likeness (QED) is 0.469. The molecule has 3 amide bonds. The maximum Gasteiger partial charge on any atom is 0.294 e. The zero-order valence-corrected chi connectivity index (χ0v) is 19.9. The second-order valence-electron chi connectivity index (χ2n) is 7.89. The third-order valence-corrected chi connectivity index (χ3v) is 7.16. The minimum absolute atomic E-state index is 0.0292. The Kier molecular flexibility index (Phi) is 5.97. The van der Waals surface area contributed by atoms with E-state index in [0.29, 0.717) is 24.9 Å². The molecule has 172 valence electrons. The fourth-order valence-electron chi connectivity index (χ4n) is 4.00. The molecule has 0 N–H and O–H groups in total. The average Bonchev–Trinajstić information content (AvgIpc) is 3.08. The third kappa shape index (κ3) is 4.13. The van der Waals surface area contributed by atoms with Crippen molar-refractivity contribution >= 4 is 69.1 Å². The van der Waals surface area contributed by atoms with Crippen molar-refractivity contribution in [2.45, 2.75) is 13.0 Å². The predicted octanol–water partition coefficient (Wildman–Crippen LogP) is 4.72. The van der Waals surface area contributed by atoms with Gasteiger partial charge in [0.25, 0.3) is 11.1 Å². The molecule has 0 atom stereocenters. The molecule has 0 bridgehead atoms. The van der Waals surface area contributed by atoms with Gasteiger partial charge in [-0.1, -0.05) is 47.5 Å². The van der Waals surface area contributed by atoms with Crippen LogP contribution in [0.15, 0.2) is 56.8 Å². The monoisotopic (exact) mass is 514 g/mol. The van der Waals surface area contributed by atoms with Gasteiger partial charge in [0.05, 0.1) is 20.9 Å². The first-order chi connectivity index (χ1) is 16.3. The summed E-state index contributed by atoms with van der Waals surface area (Å²) in [6.45, 7) is 0.594. The van der Waals surface area contributed by atoms with Gasteiger partial charge in [0.15, 0.2) is 11.0 Å². The van der Waals surface area contributed by atoms with Gasteiger partial charge in [0, 0.05) is 18.1 Å². The molecule has 1 aromatic heterocycles. The second kappa shape index (κ2) is 8.94. The number of fused-ring (bicyclic) bond motifs is 2. The van der Waals surface area contributed by atoms with Gasteiger partial charge < -0.3 is 9.32 Å². The van der Waals surface area contributed by atoms with Crippen molar-refractivity contribution in [3.8, 4) is 0 Å². The smallest absolute Gasteiger partial charge is 0.294 e. The van der Waals surface area contributed by atoms with Gasteiger partial charge >= 0.3 is 0 Å². The number of amides is 3. The number of hydrogen-bond acceptors (Lipinski definition) is 6. The van der Waals surface area contributed by atoms with E-state index in [0.717, 1.165) is 16.9 Å². The molecule has 2 aliphatic heterocycles. The van der Waals surface area contributed by atoms with Gasteiger partial charge in [0.1, 0.15) is 12.8 Å². The number of imide groups is 1. The van der Waals surface area contributed by atoms with Crippen LogP contribution in [0, 0.1) is 0 Å². The molecule has 0 unspecified atom stereocenters. The molecular formula is C24H16Cl2N2O5S. The number of rotatable bonds is 3. The van der Waals surface area contributed by atoms with Crippen molar-refractivity contribution in [3.63, 3.8) is 0 Å². The molecule has 0 saturated carbocycles. The number of hydrogen-bond donors (Lipinski definition) is 0. The standard InChI is InChI=1S/C24H16Cl2N2O5S/c25-16-8-17-21(30)15(12-33-22(17)18(26)9-16)7-19-23(31)28(24(32)34-19)11-20(29)27-6-5-13-3-1-2-4-14(13)10-27/h1-4,7-9,12H,5-6,10-11H2/b19-7-. The van der Waals surface area contributed by atoms with E-state index in [1.165, 1.54) is 30.0 Å². The van der Waals surface area contributed by atoms with Crippen LogP contribution in [0.4, 0.5) is 4.79 Å². The van der Waals surface area contributed by atoms with Gasteiger partial charge in [-0.2, -0.15) is 0 Å². The summed E-state index contributed by atoms with van der Waals surface area (Å²) in [5.74, 6) is -0.947. The molecule has 5 rings (SSSR count). The Morgan fingerprint density at radius 3 is 2.68 bits per heavy atom. The second-order valence-corrected chi connectivity index (χ2v) is 9.72. The number of carbonyl (C=O) groups is 3. The first kappa shape index (κ1) is 22.7. The number of thioether (sulfide) groups is 1. The van der Waals surface area contributed by atoms with Crippen molar-refractivity contribution in [3.05, 3.63) is 84.5 Å². The summed E-state index contributed by atoms with van der Waals surface area (Å²) < 4.78 is 5.47. The van der Waals surface area contributed by atoms with E-state index in [2.05, 4.69) is 0 Å². The molecule has 1 fully saturated rings. The van der Waals surface area contributed by atoms with Crippen molar-refractivity contribution in [2.24, 2.45) is 0 Å². The molecule has 2 aromatic carbocycles. The van der Waals surface area contributed by atoms with E-state index < -0.39 is 16.6 Å². The Bertz CT molecular complexity index is 1470. The topological polar surface area (TPSA) is 87.9 Å². The van der Waals surface area contributed by atoms with Crippen LogP contribution >= 0.6 is 35.0 Å². The minimum atomic E-state index is -0.635. The number of benzene rings is 2. The summed E-state index contributed by atoms with van der Waals surface area (Å²) in [6, 6.07) is 10.8. The van der Waals surface area contributed by atoms with E-state index in [1.807, 2.05) is 24.3 Å². The lowest BCUT2D eigenvalue weighted by Crippen LogP contribution is -2.44. The van der Waals surface area contributed by atoms with E-state index in [4.69, 9.17) is 27.6 Å². The van der Waals surface area contributed by atoms with Crippen molar-refractivity contribution in [1.29, 1.82) is 0 Å². The lowest BCUT2D eigenvalue weighted by Gasteiger charge is -2.29. The molecule has 34 heavy (non-hydrogen) atoms. The zero-order chi connectivity index (χ0) is 24.0. The molecule has 3 heterocycles. The molecule has 10 heteroatoms. The van der Waals surface area contributed by atoms with Crippen LogP contribution in [0.3, 0.4) is 0 Å². The van der Waals surface area contributed by atoms with Crippen molar-refractivity contribution < 1.29 is 18.8 Å². The van der Waals surface area contributed by atoms with Gasteiger partial charge in [-0.05, 0) is 47.5 Å². The highest BCUT2D eigenvalue weighted by molar-refractivity contribution is 8.18. The summed E-state index contributed by atoms with van der Waals surface area (Å²) in [5.41, 5.74) is 2.04. The van der Waals surface area contributed by atoms with Crippen LogP contribution in [-0.2, 0) is 22.6 Å². The van der Waals surface area contributed by atoms with Crippen LogP contribution in [0.25, 0.3) is 17.0 Å². The zero-order valence-electron chi connectivity index (χ0n) is 17.5. The minimum Gasteiger partial charge on any atom is -0.462 e.